The predicted molar refractivity (Wildman–Crippen MR) is 59.6 cm³/mol. The predicted octanol–water partition coefficient (Wildman–Crippen LogP) is 2.53. The van der Waals surface area contributed by atoms with Crippen LogP contribution in [0.4, 0.5) is 19.0 Å². The Morgan fingerprint density at radius 1 is 1.39 bits per heavy atom. The van der Waals surface area contributed by atoms with Gasteiger partial charge in [-0.05, 0) is 6.42 Å². The summed E-state index contributed by atoms with van der Waals surface area (Å²) in [6.45, 7) is 0.162. The lowest BCUT2D eigenvalue weighted by Crippen LogP contribution is -2.12. The van der Waals surface area contributed by atoms with Crippen LogP contribution in [0, 0.1) is 0 Å². The highest BCUT2D eigenvalue weighted by Gasteiger charge is 2.25. The number of alkyl halides is 3. The Labute approximate surface area is 105 Å². The standard InChI is InChI=1S/C9H9ClF3N5/c10-6-4-7(14-3-1-2-9(11,12)13)18-8(17-6)15-5-16-18/h4-5,14H,1-3H2. The first-order valence-electron chi connectivity index (χ1n) is 5.12. The van der Waals surface area contributed by atoms with Gasteiger partial charge in [-0.3, -0.25) is 0 Å². The molecule has 98 valence electrons. The Balaban J connectivity index is 2.01. The lowest BCUT2D eigenvalue weighted by Gasteiger charge is -2.09. The van der Waals surface area contributed by atoms with Crippen molar-refractivity contribution in [1.82, 2.24) is 19.6 Å². The minimum absolute atomic E-state index is 0.0281. The Morgan fingerprint density at radius 3 is 2.89 bits per heavy atom. The molecule has 0 aliphatic rings. The van der Waals surface area contributed by atoms with E-state index < -0.39 is 12.6 Å². The fourth-order valence-corrected chi connectivity index (χ4v) is 1.59. The van der Waals surface area contributed by atoms with Crippen LogP contribution in [0.25, 0.3) is 5.78 Å². The van der Waals surface area contributed by atoms with E-state index in [4.69, 9.17) is 11.6 Å². The van der Waals surface area contributed by atoms with Crippen molar-refractivity contribution in [3.8, 4) is 0 Å². The maximum Gasteiger partial charge on any atom is 0.389 e. The number of rotatable bonds is 4. The molecule has 0 atom stereocenters. The highest BCUT2D eigenvalue weighted by atomic mass is 35.5. The minimum atomic E-state index is -4.14. The SMILES string of the molecule is FC(F)(F)CCCNc1cc(Cl)nc2ncnn12. The van der Waals surface area contributed by atoms with Gasteiger partial charge in [0.2, 0.25) is 0 Å². The Morgan fingerprint density at radius 2 is 2.17 bits per heavy atom. The third-order valence-electron chi connectivity index (χ3n) is 2.16. The van der Waals surface area contributed by atoms with Crippen LogP contribution in [-0.4, -0.2) is 32.3 Å². The summed E-state index contributed by atoms with van der Waals surface area (Å²) in [6.07, 6.45) is -3.71. The number of hydrogen-bond donors (Lipinski definition) is 1. The van der Waals surface area contributed by atoms with Crippen molar-refractivity contribution in [2.24, 2.45) is 0 Å². The second kappa shape index (κ2) is 4.97. The van der Waals surface area contributed by atoms with Gasteiger partial charge in [-0.1, -0.05) is 11.6 Å². The zero-order valence-corrected chi connectivity index (χ0v) is 9.83. The molecule has 0 fully saturated rings. The van der Waals surface area contributed by atoms with Gasteiger partial charge in [-0.25, -0.2) is 0 Å². The molecular formula is C9H9ClF3N5. The van der Waals surface area contributed by atoms with Gasteiger partial charge in [0, 0.05) is 19.0 Å². The largest absolute Gasteiger partial charge is 0.389 e. The normalized spacial score (nSPS) is 12.0. The minimum Gasteiger partial charge on any atom is -0.370 e. The van der Waals surface area contributed by atoms with Gasteiger partial charge in [0.15, 0.2) is 0 Å². The summed E-state index contributed by atoms with van der Waals surface area (Å²) in [5, 5.41) is 6.91. The van der Waals surface area contributed by atoms with E-state index in [0.29, 0.717) is 11.6 Å². The summed E-state index contributed by atoms with van der Waals surface area (Å²) in [6, 6.07) is 1.48. The van der Waals surface area contributed by atoms with Crippen LogP contribution in [0.2, 0.25) is 5.15 Å². The Kier molecular flexibility index (Phi) is 3.55. The maximum atomic E-state index is 12.0. The van der Waals surface area contributed by atoms with Gasteiger partial charge < -0.3 is 5.32 Å². The topological polar surface area (TPSA) is 55.1 Å². The first-order chi connectivity index (χ1) is 8.46. The summed E-state index contributed by atoms with van der Waals surface area (Å²) >= 11 is 5.75. The van der Waals surface area contributed by atoms with Gasteiger partial charge in [0.25, 0.3) is 5.78 Å². The van der Waals surface area contributed by atoms with Crippen LogP contribution < -0.4 is 5.32 Å². The van der Waals surface area contributed by atoms with Crippen LogP contribution in [0.15, 0.2) is 12.4 Å². The number of anilines is 1. The first-order valence-corrected chi connectivity index (χ1v) is 5.50. The van der Waals surface area contributed by atoms with Crippen LogP contribution in [-0.2, 0) is 0 Å². The molecule has 0 aromatic carbocycles. The smallest absolute Gasteiger partial charge is 0.370 e. The molecule has 0 amide bonds. The molecule has 0 bridgehead atoms. The maximum absolute atomic E-state index is 12.0. The number of halogens is 4. The summed E-state index contributed by atoms with van der Waals surface area (Å²) in [5.74, 6) is 0.755. The van der Waals surface area contributed by atoms with E-state index in [1.807, 2.05) is 0 Å². The number of nitrogens with zero attached hydrogens (tertiary/aromatic N) is 4. The van der Waals surface area contributed by atoms with E-state index in [9.17, 15) is 13.2 Å². The fourth-order valence-electron chi connectivity index (χ4n) is 1.41. The highest BCUT2D eigenvalue weighted by Crippen LogP contribution is 2.21. The van der Waals surface area contributed by atoms with Gasteiger partial charge >= 0.3 is 6.18 Å². The van der Waals surface area contributed by atoms with Gasteiger partial charge in [0.05, 0.1) is 0 Å². The second-order valence-electron chi connectivity index (χ2n) is 3.58. The molecule has 2 aromatic rings. The zero-order valence-electron chi connectivity index (χ0n) is 9.08. The number of aromatic nitrogens is 4. The van der Waals surface area contributed by atoms with E-state index in [0.717, 1.165) is 0 Å². The molecule has 0 aliphatic heterocycles. The molecule has 18 heavy (non-hydrogen) atoms. The molecule has 0 aliphatic carbocycles. The van der Waals surface area contributed by atoms with Crippen LogP contribution in [0.1, 0.15) is 12.8 Å². The van der Waals surface area contributed by atoms with Gasteiger partial charge in [-0.2, -0.15) is 32.8 Å². The molecule has 0 unspecified atom stereocenters. The van der Waals surface area contributed by atoms with Crippen molar-refractivity contribution in [1.29, 1.82) is 0 Å². The van der Waals surface area contributed by atoms with Crippen molar-refractivity contribution in [2.45, 2.75) is 19.0 Å². The highest BCUT2D eigenvalue weighted by molar-refractivity contribution is 6.29. The van der Waals surface area contributed by atoms with Crippen molar-refractivity contribution in [3.05, 3.63) is 17.5 Å². The lowest BCUT2D eigenvalue weighted by atomic mass is 10.3. The summed E-state index contributed by atoms with van der Waals surface area (Å²) in [7, 11) is 0. The van der Waals surface area contributed by atoms with Crippen LogP contribution in [0.3, 0.4) is 0 Å². The van der Waals surface area contributed by atoms with Crippen LogP contribution in [0.5, 0.6) is 0 Å². The average molecular weight is 280 g/mol. The van der Waals surface area contributed by atoms with E-state index in [2.05, 4.69) is 20.4 Å². The second-order valence-corrected chi connectivity index (χ2v) is 3.97. The number of nitrogens with one attached hydrogen (secondary N) is 1. The zero-order chi connectivity index (χ0) is 13.2. The van der Waals surface area contributed by atoms with Crippen molar-refractivity contribution >= 4 is 23.2 Å². The van der Waals surface area contributed by atoms with E-state index in [-0.39, 0.29) is 18.1 Å². The quantitative estimate of drug-likeness (QED) is 0.690. The molecule has 0 radical (unpaired) electrons. The van der Waals surface area contributed by atoms with Gasteiger partial charge in [0.1, 0.15) is 17.3 Å². The Bertz CT molecular complexity index is 538. The third kappa shape index (κ3) is 3.22. The monoisotopic (exact) mass is 279 g/mol. The number of fused-ring (bicyclic) bond motifs is 1. The molecule has 5 nitrogen and oxygen atoms in total. The van der Waals surface area contributed by atoms with Crippen molar-refractivity contribution < 1.29 is 13.2 Å². The van der Waals surface area contributed by atoms with Crippen molar-refractivity contribution in [3.63, 3.8) is 0 Å². The molecule has 2 heterocycles. The van der Waals surface area contributed by atoms with Crippen molar-refractivity contribution in [2.75, 3.05) is 11.9 Å². The lowest BCUT2D eigenvalue weighted by molar-refractivity contribution is -0.134. The van der Waals surface area contributed by atoms with E-state index >= 15 is 0 Å². The fraction of sp³-hybridized carbons (Fsp3) is 0.444. The molecule has 0 saturated carbocycles. The van der Waals surface area contributed by atoms with Crippen LogP contribution >= 0.6 is 11.6 Å². The average Bonchev–Trinajstić information content (AvgIpc) is 2.70. The molecule has 1 N–H and O–H groups in total. The first kappa shape index (κ1) is 12.9. The number of hydrogen-bond acceptors (Lipinski definition) is 4. The summed E-state index contributed by atoms with van der Waals surface area (Å²) < 4.78 is 37.3. The summed E-state index contributed by atoms with van der Waals surface area (Å²) in [4.78, 5) is 7.74. The third-order valence-corrected chi connectivity index (χ3v) is 2.36. The molecule has 9 heteroatoms. The molecule has 2 rings (SSSR count). The molecular weight excluding hydrogens is 271 g/mol. The Hall–Kier alpha value is -1.57. The van der Waals surface area contributed by atoms with E-state index in [1.165, 1.54) is 16.9 Å². The van der Waals surface area contributed by atoms with Gasteiger partial charge in [-0.15, -0.1) is 0 Å². The summed E-state index contributed by atoms with van der Waals surface area (Å²) in [5.41, 5.74) is 0. The van der Waals surface area contributed by atoms with E-state index in [1.54, 1.807) is 0 Å². The molecule has 0 saturated heterocycles. The molecule has 2 aromatic heterocycles. The molecule has 0 spiro atoms.